The van der Waals surface area contributed by atoms with E-state index in [2.05, 4.69) is 17.6 Å². The molecule has 0 atom stereocenters. The van der Waals surface area contributed by atoms with Crippen LogP contribution in [0, 0.1) is 0 Å². The molecular formula is C6H6N2OS. The van der Waals surface area contributed by atoms with Crippen LogP contribution in [0.5, 0.6) is 0 Å². The highest BCUT2D eigenvalue weighted by Crippen LogP contribution is 2.07. The molecule has 0 aromatic carbocycles. The fourth-order valence-corrected chi connectivity index (χ4v) is 0.841. The Morgan fingerprint density at radius 3 is 2.80 bits per heavy atom. The molecule has 0 radical (unpaired) electrons. The monoisotopic (exact) mass is 154 g/mol. The van der Waals surface area contributed by atoms with Gasteiger partial charge in [0.1, 0.15) is 5.03 Å². The van der Waals surface area contributed by atoms with Crippen LogP contribution in [0.4, 0.5) is 0 Å². The van der Waals surface area contributed by atoms with Crippen LogP contribution < -0.4 is 5.73 Å². The Kier molecular flexibility index (Phi) is 1.91. The fourth-order valence-electron chi connectivity index (χ4n) is 0.589. The van der Waals surface area contributed by atoms with Gasteiger partial charge < -0.3 is 5.73 Å². The third kappa shape index (κ3) is 1.27. The highest BCUT2D eigenvalue weighted by Gasteiger charge is 2.02. The van der Waals surface area contributed by atoms with Gasteiger partial charge in [-0.25, -0.2) is 4.98 Å². The molecule has 1 aromatic heterocycles. The van der Waals surface area contributed by atoms with Gasteiger partial charge in [0, 0.05) is 6.20 Å². The predicted molar refractivity (Wildman–Crippen MR) is 40.0 cm³/mol. The number of rotatable bonds is 1. The third-order valence-corrected chi connectivity index (χ3v) is 1.41. The van der Waals surface area contributed by atoms with E-state index >= 15 is 0 Å². The molecule has 1 amide bonds. The first-order chi connectivity index (χ1) is 4.72. The lowest BCUT2D eigenvalue weighted by Gasteiger charge is -1.95. The maximum atomic E-state index is 10.6. The number of carbonyl (C=O) groups excluding carboxylic acids is 1. The maximum Gasteiger partial charge on any atom is 0.251 e. The summed E-state index contributed by atoms with van der Waals surface area (Å²) in [6, 6.07) is 3.22. The van der Waals surface area contributed by atoms with Gasteiger partial charge in [-0.15, -0.1) is 12.6 Å². The zero-order chi connectivity index (χ0) is 7.56. The molecule has 0 aliphatic carbocycles. The van der Waals surface area contributed by atoms with Crippen LogP contribution in [0.1, 0.15) is 10.4 Å². The van der Waals surface area contributed by atoms with E-state index in [0.29, 0.717) is 10.6 Å². The highest BCUT2D eigenvalue weighted by atomic mass is 32.1. The van der Waals surface area contributed by atoms with Crippen molar-refractivity contribution < 1.29 is 4.79 Å². The minimum absolute atomic E-state index is 0.353. The minimum atomic E-state index is -0.502. The van der Waals surface area contributed by atoms with Crippen LogP contribution in [0.15, 0.2) is 23.4 Å². The van der Waals surface area contributed by atoms with Crippen LogP contribution >= 0.6 is 12.6 Å². The van der Waals surface area contributed by atoms with Crippen LogP contribution in [-0.4, -0.2) is 10.9 Å². The molecule has 1 heterocycles. The van der Waals surface area contributed by atoms with Gasteiger partial charge in [-0.1, -0.05) is 0 Å². The van der Waals surface area contributed by atoms with Gasteiger partial charge in [-0.2, -0.15) is 0 Å². The third-order valence-electron chi connectivity index (χ3n) is 1.05. The lowest BCUT2D eigenvalue weighted by molar-refractivity contribution is 0.0997. The van der Waals surface area contributed by atoms with Crippen LogP contribution in [0.25, 0.3) is 0 Å². The van der Waals surface area contributed by atoms with E-state index in [1.165, 1.54) is 0 Å². The van der Waals surface area contributed by atoms with Crippen molar-refractivity contribution in [3.05, 3.63) is 23.9 Å². The number of hydrogen-bond donors (Lipinski definition) is 2. The molecule has 2 N–H and O–H groups in total. The lowest BCUT2D eigenvalue weighted by atomic mass is 10.3. The molecule has 0 saturated carbocycles. The second-order valence-corrected chi connectivity index (χ2v) is 2.16. The van der Waals surface area contributed by atoms with Gasteiger partial charge >= 0.3 is 0 Å². The summed E-state index contributed by atoms with van der Waals surface area (Å²) in [6.07, 6.45) is 1.55. The highest BCUT2D eigenvalue weighted by molar-refractivity contribution is 7.80. The summed E-state index contributed by atoms with van der Waals surface area (Å²) < 4.78 is 0. The van der Waals surface area contributed by atoms with Crippen molar-refractivity contribution in [2.75, 3.05) is 0 Å². The second-order valence-electron chi connectivity index (χ2n) is 1.74. The van der Waals surface area contributed by atoms with Crippen molar-refractivity contribution in [1.29, 1.82) is 0 Å². The lowest BCUT2D eigenvalue weighted by Crippen LogP contribution is -2.12. The molecule has 0 unspecified atom stereocenters. The molecule has 3 nitrogen and oxygen atoms in total. The van der Waals surface area contributed by atoms with Gasteiger partial charge in [-0.05, 0) is 12.1 Å². The molecule has 10 heavy (non-hydrogen) atoms. The van der Waals surface area contributed by atoms with Crippen LogP contribution in [-0.2, 0) is 0 Å². The van der Waals surface area contributed by atoms with Crippen molar-refractivity contribution in [3.8, 4) is 0 Å². The van der Waals surface area contributed by atoms with Crippen molar-refractivity contribution in [2.45, 2.75) is 5.03 Å². The molecule has 0 spiro atoms. The molecule has 0 bridgehead atoms. The Labute approximate surface area is 63.7 Å². The smallest absolute Gasteiger partial charge is 0.251 e. The number of amides is 1. The van der Waals surface area contributed by atoms with E-state index in [0.717, 1.165) is 0 Å². The van der Waals surface area contributed by atoms with Crippen LogP contribution in [0.2, 0.25) is 0 Å². The van der Waals surface area contributed by atoms with E-state index in [4.69, 9.17) is 5.73 Å². The molecule has 0 aliphatic rings. The Morgan fingerprint density at radius 2 is 2.40 bits per heavy atom. The zero-order valence-electron chi connectivity index (χ0n) is 5.11. The van der Waals surface area contributed by atoms with Gasteiger partial charge in [0.15, 0.2) is 0 Å². The number of thiol groups is 1. The summed E-state index contributed by atoms with van der Waals surface area (Å²) in [5.74, 6) is -0.502. The molecule has 52 valence electrons. The summed E-state index contributed by atoms with van der Waals surface area (Å²) in [6.45, 7) is 0. The Balaban J connectivity index is 3.15. The molecule has 0 fully saturated rings. The van der Waals surface area contributed by atoms with Crippen molar-refractivity contribution in [3.63, 3.8) is 0 Å². The minimum Gasteiger partial charge on any atom is -0.366 e. The second kappa shape index (κ2) is 2.70. The Hall–Kier alpha value is -1.03. The number of pyridine rings is 1. The van der Waals surface area contributed by atoms with Gasteiger partial charge in [-0.3, -0.25) is 4.79 Å². The van der Waals surface area contributed by atoms with Crippen LogP contribution in [0.3, 0.4) is 0 Å². The number of carbonyl (C=O) groups is 1. The number of nitrogens with two attached hydrogens (primary N) is 1. The number of primary amides is 1. The van der Waals surface area contributed by atoms with E-state index < -0.39 is 5.91 Å². The van der Waals surface area contributed by atoms with E-state index in [1.807, 2.05) is 0 Å². The largest absolute Gasteiger partial charge is 0.366 e. The zero-order valence-corrected chi connectivity index (χ0v) is 6.01. The maximum absolute atomic E-state index is 10.6. The van der Waals surface area contributed by atoms with Gasteiger partial charge in [0.05, 0.1) is 5.56 Å². The first kappa shape index (κ1) is 7.08. The SMILES string of the molecule is NC(=O)c1cccnc1S. The molecule has 1 rings (SSSR count). The van der Waals surface area contributed by atoms with E-state index in [1.54, 1.807) is 18.3 Å². The topological polar surface area (TPSA) is 56.0 Å². The quantitative estimate of drug-likeness (QED) is 0.578. The molecular weight excluding hydrogens is 148 g/mol. The van der Waals surface area contributed by atoms with Crippen molar-refractivity contribution in [1.82, 2.24) is 4.98 Å². The summed E-state index contributed by atoms with van der Waals surface area (Å²) in [5.41, 5.74) is 5.34. The molecule has 1 aromatic rings. The first-order valence-corrected chi connectivity index (χ1v) is 3.10. The Bertz CT molecular complexity index is 262. The van der Waals surface area contributed by atoms with E-state index in [-0.39, 0.29) is 0 Å². The molecule has 0 saturated heterocycles. The normalized spacial score (nSPS) is 9.30. The first-order valence-electron chi connectivity index (χ1n) is 2.65. The average Bonchev–Trinajstić information content (AvgIpc) is 1.88. The number of nitrogens with zero attached hydrogens (tertiary/aromatic N) is 1. The number of hydrogen-bond acceptors (Lipinski definition) is 3. The van der Waals surface area contributed by atoms with E-state index in [9.17, 15) is 4.79 Å². The molecule has 4 heteroatoms. The summed E-state index contributed by atoms with van der Waals surface area (Å²) >= 11 is 3.93. The number of aromatic nitrogens is 1. The standard InChI is InChI=1S/C6H6N2OS/c7-5(9)4-2-1-3-8-6(4)10/h1-3H,(H2,7,9)(H,8,10). The molecule has 0 aliphatic heterocycles. The van der Waals surface area contributed by atoms with Crippen molar-refractivity contribution in [2.24, 2.45) is 5.73 Å². The van der Waals surface area contributed by atoms with Gasteiger partial charge in [0.2, 0.25) is 0 Å². The summed E-state index contributed by atoms with van der Waals surface area (Å²) in [7, 11) is 0. The summed E-state index contributed by atoms with van der Waals surface area (Å²) in [4.78, 5) is 14.3. The fraction of sp³-hybridized carbons (Fsp3) is 0. The average molecular weight is 154 g/mol. The Morgan fingerprint density at radius 1 is 1.70 bits per heavy atom. The van der Waals surface area contributed by atoms with Gasteiger partial charge in [0.25, 0.3) is 5.91 Å². The van der Waals surface area contributed by atoms with Crippen molar-refractivity contribution >= 4 is 18.5 Å². The summed E-state index contributed by atoms with van der Waals surface area (Å²) in [5, 5.41) is 0.370. The predicted octanol–water partition coefficient (Wildman–Crippen LogP) is 0.469.